The van der Waals surface area contributed by atoms with Crippen molar-refractivity contribution in [1.29, 1.82) is 0 Å². The van der Waals surface area contributed by atoms with E-state index in [4.69, 9.17) is 4.74 Å². The van der Waals surface area contributed by atoms with Crippen LogP contribution in [0.5, 0.6) is 5.75 Å². The first kappa shape index (κ1) is 15.3. The molecule has 3 aromatic rings. The number of rotatable bonds is 5. The van der Waals surface area contributed by atoms with E-state index >= 15 is 0 Å². The van der Waals surface area contributed by atoms with Crippen molar-refractivity contribution in [2.24, 2.45) is 0 Å². The van der Waals surface area contributed by atoms with Gasteiger partial charge in [0.25, 0.3) is 5.91 Å². The summed E-state index contributed by atoms with van der Waals surface area (Å²) in [6, 6.07) is 13.5. The number of benzene rings is 2. The molecule has 0 aliphatic heterocycles. The molecule has 7 heteroatoms. The van der Waals surface area contributed by atoms with Crippen molar-refractivity contribution >= 4 is 5.91 Å². The first-order chi connectivity index (χ1) is 12.3. The summed E-state index contributed by atoms with van der Waals surface area (Å²) in [6.07, 6.45) is 2.47. The van der Waals surface area contributed by atoms with E-state index in [2.05, 4.69) is 33.0 Å². The van der Waals surface area contributed by atoms with Crippen molar-refractivity contribution in [3.8, 4) is 11.4 Å². The molecule has 0 fully saturated rings. The van der Waals surface area contributed by atoms with Crippen LogP contribution in [0.1, 0.15) is 27.4 Å². The number of fused-ring (bicyclic) bond motifs is 1. The lowest BCUT2D eigenvalue weighted by Gasteiger charge is -2.30. The minimum absolute atomic E-state index is 0.124. The van der Waals surface area contributed by atoms with E-state index in [1.807, 2.05) is 12.1 Å². The van der Waals surface area contributed by atoms with Gasteiger partial charge in [0, 0.05) is 18.0 Å². The fourth-order valence-electron chi connectivity index (χ4n) is 3.14. The average molecular weight is 335 g/mol. The number of aromatic nitrogens is 4. The number of nitrogens with one attached hydrogen (secondary N) is 1. The zero-order valence-corrected chi connectivity index (χ0v) is 13.7. The van der Waals surface area contributed by atoms with Gasteiger partial charge >= 0.3 is 0 Å². The van der Waals surface area contributed by atoms with Crippen LogP contribution >= 0.6 is 0 Å². The van der Waals surface area contributed by atoms with Crippen molar-refractivity contribution in [3.05, 3.63) is 65.5 Å². The molecule has 1 atom stereocenters. The van der Waals surface area contributed by atoms with Crippen LogP contribution in [0.2, 0.25) is 0 Å². The number of methoxy groups -OCH3 is 1. The van der Waals surface area contributed by atoms with Crippen LogP contribution in [-0.4, -0.2) is 39.8 Å². The minimum atomic E-state index is -0.124. The SMILES string of the molecule is COc1ccc(C(=O)NC[C@H]2Cc3ccccc32)cc1-n1cnnn1. The monoisotopic (exact) mass is 335 g/mol. The molecule has 1 N–H and O–H groups in total. The third-order valence-electron chi connectivity index (χ3n) is 4.51. The number of tetrazole rings is 1. The molecule has 1 aromatic heterocycles. The van der Waals surface area contributed by atoms with Gasteiger partial charge in [-0.05, 0) is 46.2 Å². The molecular formula is C18H17N5O2. The second-order valence-corrected chi connectivity index (χ2v) is 5.95. The van der Waals surface area contributed by atoms with Crippen LogP contribution < -0.4 is 10.1 Å². The Hall–Kier alpha value is -3.22. The highest BCUT2D eigenvalue weighted by Gasteiger charge is 2.25. The molecule has 126 valence electrons. The van der Waals surface area contributed by atoms with Gasteiger partial charge in [0.2, 0.25) is 0 Å². The maximum Gasteiger partial charge on any atom is 0.251 e. The summed E-state index contributed by atoms with van der Waals surface area (Å²) in [5.41, 5.74) is 3.85. The fourth-order valence-corrected chi connectivity index (χ4v) is 3.14. The zero-order valence-electron chi connectivity index (χ0n) is 13.7. The lowest BCUT2D eigenvalue weighted by Crippen LogP contribution is -2.33. The van der Waals surface area contributed by atoms with Gasteiger partial charge < -0.3 is 10.1 Å². The summed E-state index contributed by atoms with van der Waals surface area (Å²) >= 11 is 0. The van der Waals surface area contributed by atoms with Crippen molar-refractivity contribution in [3.63, 3.8) is 0 Å². The van der Waals surface area contributed by atoms with Gasteiger partial charge in [-0.3, -0.25) is 4.79 Å². The standard InChI is InChI=1S/C18H17N5O2/c1-25-17-7-6-13(9-16(17)23-11-20-21-22-23)18(24)19-10-14-8-12-4-2-3-5-15(12)14/h2-7,9,11,14H,8,10H2,1H3,(H,19,24)/t14-/m1/s1. The van der Waals surface area contributed by atoms with E-state index in [9.17, 15) is 4.79 Å². The van der Waals surface area contributed by atoms with E-state index in [1.54, 1.807) is 25.3 Å². The molecule has 4 rings (SSSR count). The predicted molar refractivity (Wildman–Crippen MR) is 90.9 cm³/mol. The van der Waals surface area contributed by atoms with Gasteiger partial charge in [-0.25, -0.2) is 0 Å². The second kappa shape index (κ2) is 6.35. The van der Waals surface area contributed by atoms with Crippen LogP contribution in [0, 0.1) is 0 Å². The second-order valence-electron chi connectivity index (χ2n) is 5.95. The van der Waals surface area contributed by atoms with Crippen LogP contribution in [0.15, 0.2) is 48.8 Å². The van der Waals surface area contributed by atoms with Gasteiger partial charge in [0.15, 0.2) is 0 Å². The highest BCUT2D eigenvalue weighted by molar-refractivity contribution is 5.95. The van der Waals surface area contributed by atoms with Gasteiger partial charge in [0.05, 0.1) is 7.11 Å². The number of carbonyl (C=O) groups is 1. The molecule has 0 unspecified atom stereocenters. The normalized spacial score (nSPS) is 15.2. The Bertz CT molecular complexity index is 908. The molecule has 1 aliphatic carbocycles. The van der Waals surface area contributed by atoms with Crippen molar-refractivity contribution in [2.75, 3.05) is 13.7 Å². The van der Waals surface area contributed by atoms with E-state index in [0.717, 1.165) is 6.42 Å². The molecule has 0 radical (unpaired) electrons. The lowest BCUT2D eigenvalue weighted by atomic mass is 9.77. The van der Waals surface area contributed by atoms with Gasteiger partial charge in [-0.1, -0.05) is 24.3 Å². The maximum absolute atomic E-state index is 12.5. The van der Waals surface area contributed by atoms with Crippen LogP contribution in [0.4, 0.5) is 0 Å². The Morgan fingerprint density at radius 1 is 1.32 bits per heavy atom. The number of carbonyl (C=O) groups excluding carboxylic acids is 1. The number of hydrogen-bond donors (Lipinski definition) is 1. The highest BCUT2D eigenvalue weighted by atomic mass is 16.5. The summed E-state index contributed by atoms with van der Waals surface area (Å²) < 4.78 is 6.79. The Morgan fingerprint density at radius 3 is 2.96 bits per heavy atom. The molecule has 1 heterocycles. The highest BCUT2D eigenvalue weighted by Crippen LogP contribution is 2.34. The van der Waals surface area contributed by atoms with Crippen molar-refractivity contribution < 1.29 is 9.53 Å². The summed E-state index contributed by atoms with van der Waals surface area (Å²) in [5, 5.41) is 14.1. The zero-order chi connectivity index (χ0) is 17.2. The first-order valence-corrected chi connectivity index (χ1v) is 8.03. The molecule has 1 amide bonds. The molecule has 7 nitrogen and oxygen atoms in total. The largest absolute Gasteiger partial charge is 0.494 e. The van der Waals surface area contributed by atoms with Crippen molar-refractivity contribution in [2.45, 2.75) is 12.3 Å². The van der Waals surface area contributed by atoms with E-state index < -0.39 is 0 Å². The van der Waals surface area contributed by atoms with Crippen LogP contribution in [0.25, 0.3) is 5.69 Å². The minimum Gasteiger partial charge on any atom is -0.494 e. The van der Waals surface area contributed by atoms with Gasteiger partial charge in [-0.2, -0.15) is 4.68 Å². The maximum atomic E-state index is 12.5. The summed E-state index contributed by atoms with van der Waals surface area (Å²) in [6.45, 7) is 0.627. The van der Waals surface area contributed by atoms with E-state index in [-0.39, 0.29) is 5.91 Å². The smallest absolute Gasteiger partial charge is 0.251 e. The van der Waals surface area contributed by atoms with Crippen LogP contribution in [0.3, 0.4) is 0 Å². The van der Waals surface area contributed by atoms with Crippen molar-refractivity contribution in [1.82, 2.24) is 25.5 Å². The van der Waals surface area contributed by atoms with Gasteiger partial charge in [-0.15, -0.1) is 5.10 Å². The molecule has 0 saturated heterocycles. The summed E-state index contributed by atoms with van der Waals surface area (Å²) in [5.74, 6) is 0.857. The topological polar surface area (TPSA) is 81.9 Å². The molecule has 25 heavy (non-hydrogen) atoms. The summed E-state index contributed by atoms with van der Waals surface area (Å²) in [4.78, 5) is 12.5. The molecule has 2 aromatic carbocycles. The summed E-state index contributed by atoms with van der Waals surface area (Å²) in [7, 11) is 1.57. The predicted octanol–water partition coefficient (Wildman–Crippen LogP) is 1.74. The molecule has 0 saturated carbocycles. The Kier molecular flexibility index (Phi) is 3.89. The Labute approximate surface area is 144 Å². The Balaban J connectivity index is 1.48. The number of amides is 1. The van der Waals surface area contributed by atoms with E-state index in [0.29, 0.717) is 29.5 Å². The van der Waals surface area contributed by atoms with Crippen LogP contribution in [-0.2, 0) is 6.42 Å². The number of nitrogens with zero attached hydrogens (tertiary/aromatic N) is 4. The average Bonchev–Trinajstić information content (AvgIpc) is 3.16. The molecular weight excluding hydrogens is 318 g/mol. The quantitative estimate of drug-likeness (QED) is 0.768. The molecule has 0 spiro atoms. The third kappa shape index (κ3) is 2.84. The number of ether oxygens (including phenoxy) is 1. The molecule has 1 aliphatic rings. The van der Waals surface area contributed by atoms with Gasteiger partial charge in [0.1, 0.15) is 17.8 Å². The Morgan fingerprint density at radius 2 is 2.20 bits per heavy atom. The lowest BCUT2D eigenvalue weighted by molar-refractivity contribution is 0.0950. The van der Waals surface area contributed by atoms with E-state index in [1.165, 1.54) is 22.1 Å². The number of hydrogen-bond acceptors (Lipinski definition) is 5. The third-order valence-corrected chi connectivity index (χ3v) is 4.51. The molecule has 0 bridgehead atoms. The fraction of sp³-hybridized carbons (Fsp3) is 0.222. The first-order valence-electron chi connectivity index (χ1n) is 8.03.